The molecule has 2 aromatic rings. The van der Waals surface area contributed by atoms with E-state index >= 15 is 0 Å². The van der Waals surface area contributed by atoms with Gasteiger partial charge in [0.15, 0.2) is 0 Å². The van der Waals surface area contributed by atoms with Crippen LogP contribution >= 0.6 is 11.6 Å². The van der Waals surface area contributed by atoms with Crippen molar-refractivity contribution in [3.63, 3.8) is 0 Å². The van der Waals surface area contributed by atoms with E-state index in [0.29, 0.717) is 6.42 Å². The zero-order chi connectivity index (χ0) is 13.1. The first-order chi connectivity index (χ1) is 8.54. The third-order valence-corrected chi connectivity index (χ3v) is 3.22. The molecule has 1 N–H and O–H groups in total. The SMILES string of the molecule is Cc1cc(C)cc(C(O)Cc2ccc(Cl)cc2)c1. The number of rotatable bonds is 3. The molecule has 0 radical (unpaired) electrons. The van der Waals surface area contributed by atoms with Gasteiger partial charge in [0.1, 0.15) is 0 Å². The lowest BCUT2D eigenvalue weighted by Gasteiger charge is -2.13. The van der Waals surface area contributed by atoms with Gasteiger partial charge in [-0.05, 0) is 37.1 Å². The molecular formula is C16H17ClO. The van der Waals surface area contributed by atoms with Gasteiger partial charge in [-0.2, -0.15) is 0 Å². The topological polar surface area (TPSA) is 20.2 Å². The normalized spacial score (nSPS) is 12.4. The fraction of sp³-hybridized carbons (Fsp3) is 0.250. The Hall–Kier alpha value is -1.31. The summed E-state index contributed by atoms with van der Waals surface area (Å²) in [5.41, 5.74) is 4.42. The van der Waals surface area contributed by atoms with Gasteiger partial charge in [-0.15, -0.1) is 0 Å². The lowest BCUT2D eigenvalue weighted by molar-refractivity contribution is 0.178. The van der Waals surface area contributed by atoms with Gasteiger partial charge in [0, 0.05) is 11.4 Å². The number of aryl methyl sites for hydroxylation is 2. The lowest BCUT2D eigenvalue weighted by atomic mass is 9.98. The predicted octanol–water partition coefficient (Wildman–Crippen LogP) is 4.23. The Labute approximate surface area is 113 Å². The molecule has 2 rings (SSSR count). The Morgan fingerprint density at radius 2 is 1.56 bits per heavy atom. The molecule has 0 saturated carbocycles. The largest absolute Gasteiger partial charge is 0.388 e. The van der Waals surface area contributed by atoms with E-state index in [1.807, 2.05) is 50.2 Å². The molecule has 0 aliphatic rings. The smallest absolute Gasteiger partial charge is 0.0830 e. The zero-order valence-electron chi connectivity index (χ0n) is 10.7. The molecule has 0 amide bonds. The summed E-state index contributed by atoms with van der Waals surface area (Å²) in [6.45, 7) is 4.09. The van der Waals surface area contributed by atoms with Gasteiger partial charge in [0.05, 0.1) is 6.10 Å². The maximum atomic E-state index is 10.3. The Morgan fingerprint density at radius 1 is 1.00 bits per heavy atom. The number of halogens is 1. The van der Waals surface area contributed by atoms with E-state index < -0.39 is 6.10 Å². The standard InChI is InChI=1S/C16H17ClO/c1-11-7-12(2)9-14(8-11)16(18)10-13-3-5-15(17)6-4-13/h3-9,16,18H,10H2,1-2H3. The number of aliphatic hydroxyl groups is 1. The molecule has 0 aromatic heterocycles. The van der Waals surface area contributed by atoms with Crippen LogP contribution in [0.25, 0.3) is 0 Å². The van der Waals surface area contributed by atoms with Crippen LogP contribution in [0.3, 0.4) is 0 Å². The molecule has 0 aliphatic carbocycles. The first-order valence-electron chi connectivity index (χ1n) is 6.05. The van der Waals surface area contributed by atoms with Gasteiger partial charge < -0.3 is 5.11 Å². The highest BCUT2D eigenvalue weighted by Crippen LogP contribution is 2.21. The molecule has 1 unspecified atom stereocenters. The molecule has 18 heavy (non-hydrogen) atoms. The van der Waals surface area contributed by atoms with Crippen LogP contribution in [0.15, 0.2) is 42.5 Å². The Balaban J connectivity index is 2.16. The van der Waals surface area contributed by atoms with Crippen LogP contribution in [-0.4, -0.2) is 5.11 Å². The molecule has 0 fully saturated rings. The van der Waals surface area contributed by atoms with E-state index in [1.54, 1.807) is 0 Å². The highest BCUT2D eigenvalue weighted by atomic mass is 35.5. The maximum absolute atomic E-state index is 10.3. The fourth-order valence-electron chi connectivity index (χ4n) is 2.16. The monoisotopic (exact) mass is 260 g/mol. The minimum Gasteiger partial charge on any atom is -0.388 e. The van der Waals surface area contributed by atoms with Crippen LogP contribution in [-0.2, 0) is 6.42 Å². The van der Waals surface area contributed by atoms with Crippen molar-refractivity contribution in [2.45, 2.75) is 26.4 Å². The van der Waals surface area contributed by atoms with Crippen molar-refractivity contribution < 1.29 is 5.11 Å². The van der Waals surface area contributed by atoms with Gasteiger partial charge in [0.2, 0.25) is 0 Å². The van der Waals surface area contributed by atoms with Gasteiger partial charge in [0.25, 0.3) is 0 Å². The minimum absolute atomic E-state index is 0.468. The van der Waals surface area contributed by atoms with Crippen LogP contribution < -0.4 is 0 Å². The number of hydrogen-bond donors (Lipinski definition) is 1. The van der Waals surface area contributed by atoms with E-state index in [9.17, 15) is 5.11 Å². The summed E-state index contributed by atoms with van der Waals surface area (Å²) in [4.78, 5) is 0. The average Bonchev–Trinajstić information content (AvgIpc) is 2.31. The molecule has 0 spiro atoms. The molecule has 1 atom stereocenters. The molecule has 0 aliphatic heterocycles. The molecule has 0 heterocycles. The fourth-order valence-corrected chi connectivity index (χ4v) is 2.29. The predicted molar refractivity (Wildman–Crippen MR) is 76.0 cm³/mol. The second kappa shape index (κ2) is 5.55. The third kappa shape index (κ3) is 3.34. The Morgan fingerprint density at radius 3 is 2.11 bits per heavy atom. The van der Waals surface area contributed by atoms with Crippen LogP contribution in [0.5, 0.6) is 0 Å². The number of aliphatic hydroxyl groups excluding tert-OH is 1. The summed E-state index contributed by atoms with van der Waals surface area (Å²) < 4.78 is 0. The molecule has 0 saturated heterocycles. The van der Waals surface area contributed by atoms with Crippen molar-refractivity contribution in [2.75, 3.05) is 0 Å². The van der Waals surface area contributed by atoms with Crippen molar-refractivity contribution in [3.05, 3.63) is 69.7 Å². The quantitative estimate of drug-likeness (QED) is 0.876. The molecule has 2 heteroatoms. The average molecular weight is 261 g/mol. The van der Waals surface area contributed by atoms with Crippen molar-refractivity contribution in [2.24, 2.45) is 0 Å². The van der Waals surface area contributed by atoms with E-state index in [4.69, 9.17) is 11.6 Å². The molecule has 1 nitrogen and oxygen atoms in total. The first kappa shape index (κ1) is 13.1. The summed E-state index contributed by atoms with van der Waals surface area (Å²) in [7, 11) is 0. The van der Waals surface area contributed by atoms with Crippen LogP contribution in [0, 0.1) is 13.8 Å². The first-order valence-corrected chi connectivity index (χ1v) is 6.43. The minimum atomic E-state index is -0.468. The summed E-state index contributed by atoms with van der Waals surface area (Å²) in [5.74, 6) is 0. The maximum Gasteiger partial charge on any atom is 0.0830 e. The summed E-state index contributed by atoms with van der Waals surface area (Å²) in [5, 5.41) is 11.0. The van der Waals surface area contributed by atoms with Crippen molar-refractivity contribution in [3.8, 4) is 0 Å². The second-order valence-electron chi connectivity index (χ2n) is 4.77. The van der Waals surface area contributed by atoms with E-state index in [0.717, 1.165) is 16.1 Å². The van der Waals surface area contributed by atoms with Crippen molar-refractivity contribution in [1.82, 2.24) is 0 Å². The summed E-state index contributed by atoms with van der Waals surface area (Å²) >= 11 is 5.84. The molecular weight excluding hydrogens is 244 g/mol. The molecule has 94 valence electrons. The van der Waals surface area contributed by atoms with Crippen LogP contribution in [0.1, 0.15) is 28.4 Å². The van der Waals surface area contributed by atoms with E-state index in [-0.39, 0.29) is 0 Å². The highest BCUT2D eigenvalue weighted by Gasteiger charge is 2.09. The molecule has 2 aromatic carbocycles. The number of hydrogen-bond acceptors (Lipinski definition) is 1. The van der Waals surface area contributed by atoms with Crippen LogP contribution in [0.4, 0.5) is 0 Å². The summed E-state index contributed by atoms with van der Waals surface area (Å²) in [6, 6.07) is 13.8. The second-order valence-corrected chi connectivity index (χ2v) is 5.20. The van der Waals surface area contributed by atoms with Gasteiger partial charge in [-0.3, -0.25) is 0 Å². The van der Waals surface area contributed by atoms with Crippen LogP contribution in [0.2, 0.25) is 5.02 Å². The van der Waals surface area contributed by atoms with Crippen molar-refractivity contribution >= 4 is 11.6 Å². The summed E-state index contributed by atoms with van der Waals surface area (Å²) in [6.07, 6.45) is 0.143. The zero-order valence-corrected chi connectivity index (χ0v) is 11.4. The highest BCUT2D eigenvalue weighted by molar-refractivity contribution is 6.30. The Kier molecular flexibility index (Phi) is 4.05. The van der Waals surface area contributed by atoms with Gasteiger partial charge >= 0.3 is 0 Å². The third-order valence-electron chi connectivity index (χ3n) is 2.97. The van der Waals surface area contributed by atoms with E-state index in [2.05, 4.69) is 6.07 Å². The Bertz CT molecular complexity index is 511. The number of benzene rings is 2. The van der Waals surface area contributed by atoms with E-state index in [1.165, 1.54) is 11.1 Å². The van der Waals surface area contributed by atoms with Crippen molar-refractivity contribution in [1.29, 1.82) is 0 Å². The lowest BCUT2D eigenvalue weighted by Crippen LogP contribution is -2.02. The van der Waals surface area contributed by atoms with Gasteiger partial charge in [-0.1, -0.05) is 53.1 Å². The van der Waals surface area contributed by atoms with Gasteiger partial charge in [-0.25, -0.2) is 0 Å². The molecule has 0 bridgehead atoms.